The van der Waals surface area contributed by atoms with Gasteiger partial charge in [0.05, 0.1) is 11.5 Å². The largest absolute Gasteiger partial charge is 0.391 e. The third-order valence-electron chi connectivity index (χ3n) is 4.41. The summed E-state index contributed by atoms with van der Waals surface area (Å²) in [6, 6.07) is 0. The number of amides is 1. The molecule has 5 heteroatoms. The molecule has 1 amide bonds. The average Bonchev–Trinajstić information content (AvgIpc) is 2.71. The Balaban J connectivity index is 1.79. The molecule has 2 fully saturated rings. The number of aliphatic hydroxyl groups excluding tert-OH is 1. The van der Waals surface area contributed by atoms with Crippen LogP contribution in [0.25, 0.3) is 0 Å². The smallest absolute Gasteiger partial charge is 0.226 e. The molecule has 0 aromatic carbocycles. The van der Waals surface area contributed by atoms with Crippen LogP contribution in [0.1, 0.15) is 25.7 Å². The van der Waals surface area contributed by atoms with E-state index in [9.17, 15) is 9.90 Å². The molecule has 0 aromatic heterocycles. The number of β-amino-alcohol motifs (C(OH)–C–C–N with tert-alkyl or cyclic N) is 1. The fraction of sp³-hybridized carbons (Fsp3) is 0.923. The predicted octanol–water partition coefficient (Wildman–Crippen LogP) is -0.110. The number of rotatable bonds is 6. The molecule has 0 radical (unpaired) electrons. The van der Waals surface area contributed by atoms with Gasteiger partial charge in [-0.3, -0.25) is 4.79 Å². The quantitative estimate of drug-likeness (QED) is 0.620. The lowest BCUT2D eigenvalue weighted by molar-refractivity contribution is -0.137. The van der Waals surface area contributed by atoms with E-state index in [1.807, 2.05) is 0 Å². The zero-order chi connectivity index (χ0) is 13.0. The summed E-state index contributed by atoms with van der Waals surface area (Å²) >= 11 is 0. The Labute approximate surface area is 108 Å². The molecule has 1 heterocycles. The molecule has 0 aromatic rings. The van der Waals surface area contributed by atoms with Crippen molar-refractivity contribution in [2.45, 2.75) is 31.8 Å². The van der Waals surface area contributed by atoms with Crippen LogP contribution in [0.5, 0.6) is 0 Å². The number of ether oxygens (including phenoxy) is 1. The van der Waals surface area contributed by atoms with Gasteiger partial charge in [0.25, 0.3) is 0 Å². The Hall–Kier alpha value is -0.650. The molecule has 0 spiro atoms. The van der Waals surface area contributed by atoms with Crippen LogP contribution in [0.4, 0.5) is 0 Å². The van der Waals surface area contributed by atoms with Crippen LogP contribution in [-0.4, -0.2) is 50.5 Å². The van der Waals surface area contributed by atoms with Crippen molar-refractivity contribution < 1.29 is 14.6 Å². The van der Waals surface area contributed by atoms with Gasteiger partial charge in [-0.25, -0.2) is 0 Å². The van der Waals surface area contributed by atoms with Crippen molar-refractivity contribution in [1.29, 1.82) is 0 Å². The maximum atomic E-state index is 12.2. The van der Waals surface area contributed by atoms with Gasteiger partial charge < -0.3 is 20.5 Å². The number of methoxy groups -OCH3 is 1. The second-order valence-electron chi connectivity index (χ2n) is 5.57. The van der Waals surface area contributed by atoms with E-state index in [1.165, 1.54) is 0 Å². The minimum absolute atomic E-state index is 0.143. The Morgan fingerprint density at radius 3 is 2.78 bits per heavy atom. The Morgan fingerprint density at radius 2 is 2.28 bits per heavy atom. The Morgan fingerprint density at radius 1 is 1.50 bits per heavy atom. The number of carbonyl (C=O) groups is 1. The van der Waals surface area contributed by atoms with Crippen molar-refractivity contribution in [3.8, 4) is 0 Å². The van der Waals surface area contributed by atoms with E-state index in [4.69, 9.17) is 4.74 Å². The maximum Gasteiger partial charge on any atom is 0.226 e. The van der Waals surface area contributed by atoms with E-state index in [2.05, 4.69) is 10.6 Å². The van der Waals surface area contributed by atoms with Gasteiger partial charge in [0.15, 0.2) is 0 Å². The SMILES string of the molecule is COCCC1(C(=O)NCC2CNCC2O)CCC1. The normalized spacial score (nSPS) is 29.9. The van der Waals surface area contributed by atoms with Crippen LogP contribution in [-0.2, 0) is 9.53 Å². The predicted molar refractivity (Wildman–Crippen MR) is 68.2 cm³/mol. The minimum atomic E-state index is -0.332. The average molecular weight is 256 g/mol. The molecule has 1 saturated carbocycles. The summed E-state index contributed by atoms with van der Waals surface area (Å²) < 4.78 is 5.09. The van der Waals surface area contributed by atoms with Crippen molar-refractivity contribution in [3.63, 3.8) is 0 Å². The molecular weight excluding hydrogens is 232 g/mol. The lowest BCUT2D eigenvalue weighted by atomic mass is 9.66. The first-order valence-corrected chi connectivity index (χ1v) is 6.84. The van der Waals surface area contributed by atoms with Gasteiger partial charge in [0.1, 0.15) is 0 Å². The first-order valence-electron chi connectivity index (χ1n) is 6.84. The van der Waals surface area contributed by atoms with Crippen LogP contribution in [0.15, 0.2) is 0 Å². The van der Waals surface area contributed by atoms with Gasteiger partial charge in [-0.1, -0.05) is 6.42 Å². The highest BCUT2D eigenvalue weighted by atomic mass is 16.5. The summed E-state index contributed by atoms with van der Waals surface area (Å²) in [5.74, 6) is 0.290. The molecule has 18 heavy (non-hydrogen) atoms. The van der Waals surface area contributed by atoms with E-state index in [0.29, 0.717) is 19.7 Å². The van der Waals surface area contributed by atoms with Crippen LogP contribution in [0, 0.1) is 11.3 Å². The summed E-state index contributed by atoms with van der Waals surface area (Å²) in [5.41, 5.74) is -0.201. The summed E-state index contributed by atoms with van der Waals surface area (Å²) in [7, 11) is 1.67. The highest BCUT2D eigenvalue weighted by molar-refractivity contribution is 5.83. The van der Waals surface area contributed by atoms with Crippen LogP contribution < -0.4 is 10.6 Å². The highest BCUT2D eigenvalue weighted by Gasteiger charge is 2.43. The molecule has 3 N–H and O–H groups in total. The second kappa shape index (κ2) is 5.99. The Kier molecular flexibility index (Phi) is 4.59. The van der Waals surface area contributed by atoms with Crippen LogP contribution in [0.2, 0.25) is 0 Å². The van der Waals surface area contributed by atoms with Crippen molar-refractivity contribution in [2.75, 3.05) is 33.4 Å². The fourth-order valence-corrected chi connectivity index (χ4v) is 2.83. The van der Waals surface area contributed by atoms with Crippen molar-refractivity contribution >= 4 is 5.91 Å². The van der Waals surface area contributed by atoms with E-state index in [-0.39, 0.29) is 23.3 Å². The lowest BCUT2D eigenvalue weighted by Gasteiger charge is -2.40. The van der Waals surface area contributed by atoms with Crippen molar-refractivity contribution in [2.24, 2.45) is 11.3 Å². The molecule has 2 aliphatic rings. The van der Waals surface area contributed by atoms with Gasteiger partial charge >= 0.3 is 0 Å². The molecule has 1 aliphatic heterocycles. The van der Waals surface area contributed by atoms with Gasteiger partial charge in [-0.05, 0) is 19.3 Å². The molecule has 5 nitrogen and oxygen atoms in total. The third-order valence-corrected chi connectivity index (χ3v) is 4.41. The number of nitrogens with one attached hydrogen (secondary N) is 2. The van der Waals surface area contributed by atoms with E-state index >= 15 is 0 Å². The van der Waals surface area contributed by atoms with Crippen LogP contribution in [0.3, 0.4) is 0 Å². The van der Waals surface area contributed by atoms with Gasteiger partial charge in [0.2, 0.25) is 5.91 Å². The topological polar surface area (TPSA) is 70.6 Å². The van der Waals surface area contributed by atoms with Crippen molar-refractivity contribution in [3.05, 3.63) is 0 Å². The summed E-state index contributed by atoms with van der Waals surface area (Å²) in [4.78, 5) is 12.2. The molecule has 2 unspecified atom stereocenters. The fourth-order valence-electron chi connectivity index (χ4n) is 2.83. The molecule has 1 saturated heterocycles. The Bertz CT molecular complexity index is 292. The molecule has 2 atom stereocenters. The number of hydrogen-bond acceptors (Lipinski definition) is 4. The zero-order valence-corrected chi connectivity index (χ0v) is 11.1. The zero-order valence-electron chi connectivity index (χ0n) is 11.1. The minimum Gasteiger partial charge on any atom is -0.391 e. The van der Waals surface area contributed by atoms with Gasteiger partial charge in [0, 0.05) is 39.3 Å². The van der Waals surface area contributed by atoms with E-state index in [0.717, 1.165) is 32.2 Å². The first-order chi connectivity index (χ1) is 8.68. The first kappa shape index (κ1) is 13.8. The molecule has 2 rings (SSSR count). The van der Waals surface area contributed by atoms with Gasteiger partial charge in [-0.2, -0.15) is 0 Å². The van der Waals surface area contributed by atoms with E-state index < -0.39 is 0 Å². The molecule has 0 bridgehead atoms. The molecule has 1 aliphatic carbocycles. The number of hydrogen-bond donors (Lipinski definition) is 3. The molecule has 104 valence electrons. The molecular formula is C13H24N2O3. The summed E-state index contributed by atoms with van der Waals surface area (Å²) in [6.45, 7) is 2.63. The monoisotopic (exact) mass is 256 g/mol. The number of aliphatic hydroxyl groups is 1. The summed E-state index contributed by atoms with van der Waals surface area (Å²) in [5, 5.41) is 15.8. The third kappa shape index (κ3) is 2.84. The van der Waals surface area contributed by atoms with Crippen LogP contribution >= 0.6 is 0 Å². The summed E-state index contributed by atoms with van der Waals surface area (Å²) in [6.07, 6.45) is 3.54. The van der Waals surface area contributed by atoms with Crippen molar-refractivity contribution in [1.82, 2.24) is 10.6 Å². The van der Waals surface area contributed by atoms with E-state index in [1.54, 1.807) is 7.11 Å². The lowest BCUT2D eigenvalue weighted by Crippen LogP contribution is -2.48. The standard InChI is InChI=1S/C13H24N2O3/c1-18-6-5-13(3-2-4-13)12(17)15-8-10-7-14-9-11(10)16/h10-11,14,16H,2-9H2,1H3,(H,15,17). The number of carbonyl (C=O) groups excluding carboxylic acids is 1. The maximum absolute atomic E-state index is 12.2. The second-order valence-corrected chi connectivity index (χ2v) is 5.57. The highest BCUT2D eigenvalue weighted by Crippen LogP contribution is 2.44. The van der Waals surface area contributed by atoms with Gasteiger partial charge in [-0.15, -0.1) is 0 Å².